The number of nitrogens with zero attached hydrogens (tertiary/aromatic N) is 1. The van der Waals surface area contributed by atoms with Gasteiger partial charge in [-0.2, -0.15) is 0 Å². The number of carbonyl (C=O) groups excluding carboxylic acids is 2. The van der Waals surface area contributed by atoms with E-state index in [1.165, 1.54) is 0 Å². The molecule has 0 aromatic heterocycles. The zero-order chi connectivity index (χ0) is 19.1. The summed E-state index contributed by atoms with van der Waals surface area (Å²) >= 11 is 0. The monoisotopic (exact) mass is 367 g/mol. The van der Waals surface area contributed by atoms with Crippen LogP contribution in [0.5, 0.6) is 0 Å². The second-order valence-electron chi connectivity index (χ2n) is 6.56. The highest BCUT2D eigenvalue weighted by Gasteiger charge is 2.16. The summed E-state index contributed by atoms with van der Waals surface area (Å²) in [5.41, 5.74) is 2.23. The molecule has 0 bridgehead atoms. The zero-order valence-electron chi connectivity index (χ0n) is 15.5. The SMILES string of the molecule is CN(C(=O)CNc1ccc(C(=O)NCC2CCCO2)cc1)c1ccccc1. The van der Waals surface area contributed by atoms with Crippen LogP contribution in [0.2, 0.25) is 0 Å². The van der Waals surface area contributed by atoms with Crippen LogP contribution in [0.4, 0.5) is 11.4 Å². The van der Waals surface area contributed by atoms with Crippen molar-refractivity contribution in [1.82, 2.24) is 5.32 Å². The average molecular weight is 367 g/mol. The van der Waals surface area contributed by atoms with Crippen molar-refractivity contribution in [1.29, 1.82) is 0 Å². The highest BCUT2D eigenvalue weighted by Crippen LogP contribution is 2.14. The number of anilines is 2. The Bertz CT molecular complexity index is 756. The first-order chi connectivity index (χ1) is 13.1. The Labute approximate surface area is 159 Å². The molecule has 1 aliphatic rings. The molecule has 2 amide bonds. The Hall–Kier alpha value is -2.86. The van der Waals surface area contributed by atoms with E-state index < -0.39 is 0 Å². The first kappa shape index (κ1) is 18.9. The Kier molecular flexibility index (Phi) is 6.44. The summed E-state index contributed by atoms with van der Waals surface area (Å²) < 4.78 is 5.50. The molecule has 6 nitrogen and oxygen atoms in total. The number of carbonyl (C=O) groups is 2. The predicted molar refractivity (Wildman–Crippen MR) is 106 cm³/mol. The van der Waals surface area contributed by atoms with Crippen LogP contribution in [0.15, 0.2) is 54.6 Å². The molecule has 2 aromatic carbocycles. The van der Waals surface area contributed by atoms with Gasteiger partial charge >= 0.3 is 0 Å². The summed E-state index contributed by atoms with van der Waals surface area (Å²) in [5, 5.41) is 5.99. The van der Waals surface area contributed by atoms with Crippen LogP contribution in [-0.4, -0.2) is 44.7 Å². The molecule has 2 N–H and O–H groups in total. The third-order valence-electron chi connectivity index (χ3n) is 4.62. The van der Waals surface area contributed by atoms with Crippen LogP contribution in [0.25, 0.3) is 0 Å². The second-order valence-corrected chi connectivity index (χ2v) is 6.56. The van der Waals surface area contributed by atoms with Gasteiger partial charge in [-0.3, -0.25) is 9.59 Å². The van der Waals surface area contributed by atoms with Crippen molar-refractivity contribution in [2.24, 2.45) is 0 Å². The lowest BCUT2D eigenvalue weighted by Crippen LogP contribution is -2.32. The number of likely N-dealkylation sites (N-methyl/N-ethyl adjacent to an activating group) is 1. The third kappa shape index (κ3) is 5.31. The lowest BCUT2D eigenvalue weighted by Gasteiger charge is -2.18. The highest BCUT2D eigenvalue weighted by atomic mass is 16.5. The van der Waals surface area contributed by atoms with E-state index in [0.29, 0.717) is 12.1 Å². The van der Waals surface area contributed by atoms with Gasteiger partial charge in [0.25, 0.3) is 5.91 Å². The largest absolute Gasteiger partial charge is 0.376 e. The number of amides is 2. The summed E-state index contributed by atoms with van der Waals surface area (Å²) in [7, 11) is 1.75. The van der Waals surface area contributed by atoms with E-state index in [1.807, 2.05) is 30.3 Å². The summed E-state index contributed by atoms with van der Waals surface area (Å²) in [4.78, 5) is 26.1. The van der Waals surface area contributed by atoms with Crippen molar-refractivity contribution in [3.63, 3.8) is 0 Å². The van der Waals surface area contributed by atoms with Crippen LogP contribution in [-0.2, 0) is 9.53 Å². The van der Waals surface area contributed by atoms with Gasteiger partial charge in [-0.1, -0.05) is 18.2 Å². The standard InChI is InChI=1S/C21H25N3O3/c1-24(18-6-3-2-4-7-18)20(25)15-22-17-11-9-16(10-12-17)21(26)23-14-19-8-5-13-27-19/h2-4,6-7,9-12,19,22H,5,8,13-15H2,1H3,(H,23,26). The van der Waals surface area contributed by atoms with Gasteiger partial charge < -0.3 is 20.3 Å². The van der Waals surface area contributed by atoms with Crippen molar-refractivity contribution >= 4 is 23.2 Å². The van der Waals surface area contributed by atoms with E-state index in [4.69, 9.17) is 4.74 Å². The Balaban J connectivity index is 1.47. The average Bonchev–Trinajstić information content (AvgIpc) is 3.24. The lowest BCUT2D eigenvalue weighted by molar-refractivity contribution is -0.116. The molecule has 2 aromatic rings. The lowest BCUT2D eigenvalue weighted by atomic mass is 10.2. The third-order valence-corrected chi connectivity index (χ3v) is 4.62. The number of hydrogen-bond donors (Lipinski definition) is 2. The topological polar surface area (TPSA) is 70.7 Å². The molecule has 1 atom stereocenters. The smallest absolute Gasteiger partial charge is 0.251 e. The summed E-state index contributed by atoms with van der Waals surface area (Å²) in [5.74, 6) is -0.156. The molecule has 1 aliphatic heterocycles. The maximum Gasteiger partial charge on any atom is 0.251 e. The van der Waals surface area contributed by atoms with Gasteiger partial charge in [0.15, 0.2) is 0 Å². The highest BCUT2D eigenvalue weighted by molar-refractivity contribution is 5.96. The van der Waals surface area contributed by atoms with Crippen LogP contribution in [0, 0.1) is 0 Å². The molecule has 27 heavy (non-hydrogen) atoms. The number of rotatable bonds is 7. The van der Waals surface area contributed by atoms with Crippen molar-refractivity contribution in [3.05, 3.63) is 60.2 Å². The minimum atomic E-state index is -0.114. The molecule has 0 aliphatic carbocycles. The Morgan fingerprint density at radius 1 is 1.11 bits per heavy atom. The van der Waals surface area contributed by atoms with Gasteiger partial charge in [-0.15, -0.1) is 0 Å². The van der Waals surface area contributed by atoms with Crippen molar-refractivity contribution < 1.29 is 14.3 Å². The van der Waals surface area contributed by atoms with E-state index >= 15 is 0 Å². The molecule has 142 valence electrons. The number of hydrogen-bond acceptors (Lipinski definition) is 4. The van der Waals surface area contributed by atoms with Gasteiger partial charge in [0.2, 0.25) is 5.91 Å². The molecule has 0 radical (unpaired) electrons. The van der Waals surface area contributed by atoms with Crippen LogP contribution in [0.3, 0.4) is 0 Å². The van der Waals surface area contributed by atoms with Gasteiger partial charge in [-0.25, -0.2) is 0 Å². The number of nitrogens with one attached hydrogen (secondary N) is 2. The van der Waals surface area contributed by atoms with Gasteiger partial charge in [0, 0.05) is 37.1 Å². The molecule has 0 saturated carbocycles. The van der Waals surface area contributed by atoms with Gasteiger partial charge in [0.05, 0.1) is 12.6 Å². The van der Waals surface area contributed by atoms with Crippen molar-refractivity contribution in [3.8, 4) is 0 Å². The maximum atomic E-state index is 12.3. The van der Waals surface area contributed by atoms with E-state index in [1.54, 1.807) is 36.2 Å². The fourth-order valence-electron chi connectivity index (χ4n) is 2.95. The molecule has 1 unspecified atom stereocenters. The fourth-order valence-corrected chi connectivity index (χ4v) is 2.95. The minimum Gasteiger partial charge on any atom is -0.376 e. The van der Waals surface area contributed by atoms with Crippen LogP contribution in [0.1, 0.15) is 23.2 Å². The molecule has 1 fully saturated rings. The quantitative estimate of drug-likeness (QED) is 0.789. The summed E-state index contributed by atoms with van der Waals surface area (Å²) in [6, 6.07) is 16.6. The van der Waals surface area contributed by atoms with E-state index in [2.05, 4.69) is 10.6 Å². The van der Waals surface area contributed by atoms with E-state index in [-0.39, 0.29) is 24.5 Å². The normalized spacial score (nSPS) is 16.0. The first-order valence-electron chi connectivity index (χ1n) is 9.19. The Morgan fingerprint density at radius 3 is 2.52 bits per heavy atom. The predicted octanol–water partition coefficient (Wildman–Crippen LogP) is 2.67. The van der Waals surface area contributed by atoms with Gasteiger partial charge in [0.1, 0.15) is 0 Å². The molecule has 3 rings (SSSR count). The number of para-hydroxylation sites is 1. The molecule has 0 spiro atoms. The van der Waals surface area contributed by atoms with Crippen molar-refractivity contribution in [2.75, 3.05) is 37.0 Å². The number of ether oxygens (including phenoxy) is 1. The minimum absolute atomic E-state index is 0.0421. The first-order valence-corrected chi connectivity index (χ1v) is 9.19. The molecule has 6 heteroatoms. The zero-order valence-corrected chi connectivity index (χ0v) is 15.5. The fraction of sp³-hybridized carbons (Fsp3) is 0.333. The summed E-state index contributed by atoms with van der Waals surface area (Å²) in [6.07, 6.45) is 2.18. The maximum absolute atomic E-state index is 12.3. The molecule has 1 heterocycles. The summed E-state index contributed by atoms with van der Waals surface area (Å²) in [6.45, 7) is 1.49. The molecular weight excluding hydrogens is 342 g/mol. The molecule has 1 saturated heterocycles. The van der Waals surface area contributed by atoms with Gasteiger partial charge in [-0.05, 0) is 49.2 Å². The van der Waals surface area contributed by atoms with Crippen LogP contribution < -0.4 is 15.5 Å². The van der Waals surface area contributed by atoms with Crippen molar-refractivity contribution in [2.45, 2.75) is 18.9 Å². The molecular formula is C21H25N3O3. The second kappa shape index (κ2) is 9.19. The Morgan fingerprint density at radius 2 is 1.85 bits per heavy atom. The number of benzene rings is 2. The van der Waals surface area contributed by atoms with E-state index in [0.717, 1.165) is 30.8 Å². The van der Waals surface area contributed by atoms with E-state index in [9.17, 15) is 9.59 Å². The van der Waals surface area contributed by atoms with Crippen LogP contribution >= 0.6 is 0 Å².